The third kappa shape index (κ3) is 1.97. The minimum absolute atomic E-state index is 0.0584. The number of nitrogens with one attached hydrogen (secondary N) is 1. The van der Waals surface area contributed by atoms with E-state index in [4.69, 9.17) is 4.42 Å². The fraction of sp³-hybridized carbons (Fsp3) is 0.583. The minimum atomic E-state index is 0.0584. The zero-order chi connectivity index (χ0) is 11.7. The number of carbonyl (C=O) groups is 1. The number of rotatable bonds is 2. The molecule has 0 bridgehead atoms. The molecular weight excluding hydrogens is 204 g/mol. The van der Waals surface area contributed by atoms with Gasteiger partial charge in [0.15, 0.2) is 0 Å². The molecule has 4 nitrogen and oxygen atoms in total. The highest BCUT2D eigenvalue weighted by Crippen LogP contribution is 2.17. The van der Waals surface area contributed by atoms with Crippen LogP contribution in [0.2, 0.25) is 0 Å². The maximum Gasteiger partial charge on any atom is 0.257 e. The third-order valence-electron chi connectivity index (χ3n) is 3.17. The van der Waals surface area contributed by atoms with Gasteiger partial charge in [0, 0.05) is 19.6 Å². The van der Waals surface area contributed by atoms with E-state index in [0.717, 1.165) is 25.3 Å². The van der Waals surface area contributed by atoms with Crippen molar-refractivity contribution in [2.45, 2.75) is 26.3 Å². The van der Waals surface area contributed by atoms with Crippen molar-refractivity contribution in [1.29, 1.82) is 0 Å². The summed E-state index contributed by atoms with van der Waals surface area (Å²) in [6.45, 7) is 5.58. The molecule has 0 aromatic carbocycles. The SMILES string of the molecule is Cc1cc(C(=O)N(C)C2CCNC2)c(C)o1. The first-order chi connectivity index (χ1) is 7.59. The van der Waals surface area contributed by atoms with Crippen molar-refractivity contribution in [3.8, 4) is 0 Å². The van der Waals surface area contributed by atoms with Crippen LogP contribution in [-0.2, 0) is 0 Å². The Morgan fingerprint density at radius 3 is 2.81 bits per heavy atom. The summed E-state index contributed by atoms with van der Waals surface area (Å²) in [7, 11) is 1.86. The average molecular weight is 222 g/mol. The standard InChI is InChI=1S/C12H18N2O2/c1-8-6-11(9(2)16-8)12(15)14(3)10-4-5-13-7-10/h6,10,13H,4-5,7H2,1-3H3. The Morgan fingerprint density at radius 1 is 1.56 bits per heavy atom. The smallest absolute Gasteiger partial charge is 0.257 e. The lowest BCUT2D eigenvalue weighted by Crippen LogP contribution is -2.38. The van der Waals surface area contributed by atoms with Crippen molar-refractivity contribution in [2.24, 2.45) is 0 Å². The second-order valence-corrected chi connectivity index (χ2v) is 4.39. The van der Waals surface area contributed by atoms with Crippen LogP contribution >= 0.6 is 0 Å². The summed E-state index contributed by atoms with van der Waals surface area (Å²) in [5.41, 5.74) is 0.687. The molecule has 1 amide bonds. The molecule has 1 aromatic heterocycles. The Bertz CT molecular complexity index is 392. The molecule has 16 heavy (non-hydrogen) atoms. The van der Waals surface area contributed by atoms with Crippen LogP contribution in [0.1, 0.15) is 28.3 Å². The number of carbonyl (C=O) groups excluding carboxylic acids is 1. The highest BCUT2D eigenvalue weighted by atomic mass is 16.3. The molecule has 1 aromatic rings. The molecule has 0 radical (unpaired) electrons. The molecule has 1 aliphatic heterocycles. The molecule has 2 heterocycles. The van der Waals surface area contributed by atoms with Crippen LogP contribution < -0.4 is 5.32 Å². The van der Waals surface area contributed by atoms with E-state index in [1.54, 1.807) is 0 Å². The molecule has 0 saturated carbocycles. The molecule has 88 valence electrons. The Labute approximate surface area is 95.6 Å². The maximum absolute atomic E-state index is 12.2. The summed E-state index contributed by atoms with van der Waals surface area (Å²) < 4.78 is 5.39. The van der Waals surface area contributed by atoms with Gasteiger partial charge in [-0.3, -0.25) is 4.79 Å². The van der Waals surface area contributed by atoms with Crippen LogP contribution in [0.3, 0.4) is 0 Å². The van der Waals surface area contributed by atoms with Crippen LogP contribution in [0.25, 0.3) is 0 Å². The number of nitrogens with zero attached hydrogens (tertiary/aromatic N) is 1. The fourth-order valence-corrected chi connectivity index (χ4v) is 2.17. The Morgan fingerprint density at radius 2 is 2.31 bits per heavy atom. The van der Waals surface area contributed by atoms with E-state index in [2.05, 4.69) is 5.32 Å². The molecule has 0 spiro atoms. The lowest BCUT2D eigenvalue weighted by molar-refractivity contribution is 0.0742. The van der Waals surface area contributed by atoms with Gasteiger partial charge in [-0.25, -0.2) is 0 Å². The lowest BCUT2D eigenvalue weighted by Gasteiger charge is -2.23. The zero-order valence-corrected chi connectivity index (χ0v) is 10.0. The van der Waals surface area contributed by atoms with Crippen LogP contribution in [0.15, 0.2) is 10.5 Å². The van der Waals surface area contributed by atoms with E-state index in [-0.39, 0.29) is 5.91 Å². The number of hydrogen-bond donors (Lipinski definition) is 1. The quantitative estimate of drug-likeness (QED) is 0.821. The van der Waals surface area contributed by atoms with Crippen molar-refractivity contribution in [3.63, 3.8) is 0 Å². The molecule has 1 unspecified atom stereocenters. The van der Waals surface area contributed by atoms with Crippen molar-refractivity contribution in [2.75, 3.05) is 20.1 Å². The number of hydrogen-bond acceptors (Lipinski definition) is 3. The van der Waals surface area contributed by atoms with Crippen LogP contribution in [0.5, 0.6) is 0 Å². The molecule has 1 atom stereocenters. The van der Waals surface area contributed by atoms with Crippen molar-refractivity contribution in [3.05, 3.63) is 23.2 Å². The normalized spacial score (nSPS) is 20.1. The summed E-state index contributed by atoms with van der Waals surface area (Å²) in [4.78, 5) is 14.0. The first kappa shape index (κ1) is 11.2. The number of aryl methyl sites for hydroxylation is 2. The van der Waals surface area contributed by atoms with Gasteiger partial charge in [-0.2, -0.15) is 0 Å². The van der Waals surface area contributed by atoms with Gasteiger partial charge in [-0.1, -0.05) is 0 Å². The molecular formula is C12H18N2O2. The van der Waals surface area contributed by atoms with Gasteiger partial charge in [0.2, 0.25) is 0 Å². The first-order valence-corrected chi connectivity index (χ1v) is 5.64. The average Bonchev–Trinajstić information content (AvgIpc) is 2.85. The summed E-state index contributed by atoms with van der Waals surface area (Å²) in [5, 5.41) is 3.26. The first-order valence-electron chi connectivity index (χ1n) is 5.64. The second-order valence-electron chi connectivity index (χ2n) is 4.39. The minimum Gasteiger partial charge on any atom is -0.466 e. The Kier molecular flexibility index (Phi) is 3.01. The van der Waals surface area contributed by atoms with Crippen LogP contribution in [0, 0.1) is 13.8 Å². The van der Waals surface area contributed by atoms with Crippen LogP contribution in [0.4, 0.5) is 0 Å². The van der Waals surface area contributed by atoms with E-state index in [0.29, 0.717) is 17.4 Å². The third-order valence-corrected chi connectivity index (χ3v) is 3.17. The fourth-order valence-electron chi connectivity index (χ4n) is 2.17. The van der Waals surface area contributed by atoms with Crippen molar-refractivity contribution in [1.82, 2.24) is 10.2 Å². The number of amides is 1. The van der Waals surface area contributed by atoms with Gasteiger partial charge in [0.1, 0.15) is 11.5 Å². The molecule has 1 saturated heterocycles. The summed E-state index contributed by atoms with van der Waals surface area (Å²) in [6, 6.07) is 2.12. The molecule has 4 heteroatoms. The Balaban J connectivity index is 2.14. The summed E-state index contributed by atoms with van der Waals surface area (Å²) in [5.74, 6) is 1.56. The van der Waals surface area contributed by atoms with Crippen molar-refractivity contribution >= 4 is 5.91 Å². The van der Waals surface area contributed by atoms with Crippen LogP contribution in [-0.4, -0.2) is 37.0 Å². The van der Waals surface area contributed by atoms with E-state index < -0.39 is 0 Å². The monoisotopic (exact) mass is 222 g/mol. The highest BCUT2D eigenvalue weighted by molar-refractivity contribution is 5.95. The van der Waals surface area contributed by atoms with Crippen molar-refractivity contribution < 1.29 is 9.21 Å². The summed E-state index contributed by atoms with van der Waals surface area (Å²) in [6.07, 6.45) is 1.03. The molecule has 1 N–H and O–H groups in total. The van der Waals surface area contributed by atoms with Gasteiger partial charge in [-0.05, 0) is 32.9 Å². The van der Waals surface area contributed by atoms with Gasteiger partial charge in [0.05, 0.1) is 5.56 Å². The second kappa shape index (κ2) is 4.29. The molecule has 0 aliphatic carbocycles. The predicted octanol–water partition coefficient (Wildman–Crippen LogP) is 1.33. The summed E-state index contributed by atoms with van der Waals surface area (Å²) >= 11 is 0. The topological polar surface area (TPSA) is 45.5 Å². The zero-order valence-electron chi connectivity index (χ0n) is 10.0. The van der Waals surface area contributed by atoms with E-state index in [1.165, 1.54) is 0 Å². The number of likely N-dealkylation sites (N-methyl/N-ethyl adjacent to an activating group) is 1. The van der Waals surface area contributed by atoms with E-state index >= 15 is 0 Å². The number of furan rings is 1. The molecule has 2 rings (SSSR count). The van der Waals surface area contributed by atoms with Gasteiger partial charge in [-0.15, -0.1) is 0 Å². The largest absolute Gasteiger partial charge is 0.466 e. The molecule has 1 aliphatic rings. The lowest BCUT2D eigenvalue weighted by atomic mass is 10.1. The Hall–Kier alpha value is -1.29. The van der Waals surface area contributed by atoms with Gasteiger partial charge in [0.25, 0.3) is 5.91 Å². The molecule has 1 fully saturated rings. The van der Waals surface area contributed by atoms with E-state index in [1.807, 2.05) is 31.9 Å². The van der Waals surface area contributed by atoms with Gasteiger partial charge >= 0.3 is 0 Å². The van der Waals surface area contributed by atoms with E-state index in [9.17, 15) is 4.79 Å². The van der Waals surface area contributed by atoms with Gasteiger partial charge < -0.3 is 14.6 Å². The highest BCUT2D eigenvalue weighted by Gasteiger charge is 2.26. The maximum atomic E-state index is 12.2. The predicted molar refractivity (Wildman–Crippen MR) is 61.6 cm³/mol.